The van der Waals surface area contributed by atoms with Crippen molar-refractivity contribution in [3.63, 3.8) is 0 Å². The van der Waals surface area contributed by atoms with E-state index in [1.54, 1.807) is 0 Å². The standard InChI is InChI=1S/C19H23ClN2O/c1-2-11-22(19(23)15-9-10-15)14-17-7-5-12-21(17)13-16-6-3-4-8-18(16)20/h3-8,12,15H,2,9-11,13-14H2,1H3. The Morgan fingerprint density at radius 1 is 1.26 bits per heavy atom. The molecule has 0 saturated heterocycles. The second kappa shape index (κ2) is 7.22. The monoisotopic (exact) mass is 330 g/mol. The van der Waals surface area contributed by atoms with Gasteiger partial charge < -0.3 is 9.47 Å². The molecule has 0 N–H and O–H groups in total. The van der Waals surface area contributed by atoms with Gasteiger partial charge in [0.15, 0.2) is 0 Å². The predicted octanol–water partition coefficient (Wildman–Crippen LogP) is 4.34. The molecule has 0 aliphatic heterocycles. The molecule has 1 fully saturated rings. The number of amides is 1. The van der Waals surface area contributed by atoms with E-state index in [4.69, 9.17) is 11.6 Å². The average molecular weight is 331 g/mol. The highest BCUT2D eigenvalue weighted by atomic mass is 35.5. The van der Waals surface area contributed by atoms with Crippen LogP contribution in [0, 0.1) is 5.92 Å². The number of rotatable bonds is 7. The van der Waals surface area contributed by atoms with Gasteiger partial charge in [-0.05, 0) is 43.0 Å². The minimum atomic E-state index is 0.272. The Hall–Kier alpha value is -1.74. The molecule has 1 saturated carbocycles. The van der Waals surface area contributed by atoms with E-state index in [-0.39, 0.29) is 5.92 Å². The molecule has 2 aromatic rings. The van der Waals surface area contributed by atoms with Crippen molar-refractivity contribution in [3.05, 3.63) is 58.9 Å². The minimum Gasteiger partial charge on any atom is -0.345 e. The molecule has 1 aromatic heterocycles. The second-order valence-electron chi connectivity index (χ2n) is 6.25. The Morgan fingerprint density at radius 3 is 2.74 bits per heavy atom. The van der Waals surface area contributed by atoms with Crippen molar-refractivity contribution in [1.82, 2.24) is 9.47 Å². The third-order valence-corrected chi connectivity index (χ3v) is 4.68. The van der Waals surface area contributed by atoms with Crippen LogP contribution in [0.5, 0.6) is 0 Å². The number of carbonyl (C=O) groups excluding carboxylic acids is 1. The van der Waals surface area contributed by atoms with E-state index in [0.717, 1.165) is 48.6 Å². The van der Waals surface area contributed by atoms with Crippen LogP contribution >= 0.6 is 11.6 Å². The molecule has 0 spiro atoms. The van der Waals surface area contributed by atoms with Crippen LogP contribution in [-0.4, -0.2) is 21.9 Å². The van der Waals surface area contributed by atoms with E-state index in [9.17, 15) is 4.79 Å². The first-order valence-corrected chi connectivity index (χ1v) is 8.73. The van der Waals surface area contributed by atoms with E-state index >= 15 is 0 Å². The Bertz CT molecular complexity index is 676. The molecule has 1 aliphatic rings. The summed E-state index contributed by atoms with van der Waals surface area (Å²) in [5.74, 6) is 0.589. The van der Waals surface area contributed by atoms with E-state index < -0.39 is 0 Å². The molecule has 1 aromatic carbocycles. The zero-order valence-corrected chi connectivity index (χ0v) is 14.3. The van der Waals surface area contributed by atoms with E-state index in [1.165, 1.54) is 0 Å². The van der Waals surface area contributed by atoms with Crippen molar-refractivity contribution in [3.8, 4) is 0 Å². The summed E-state index contributed by atoms with van der Waals surface area (Å²) in [5.41, 5.74) is 2.26. The fourth-order valence-electron chi connectivity index (χ4n) is 2.88. The highest BCUT2D eigenvalue weighted by Gasteiger charge is 2.33. The van der Waals surface area contributed by atoms with Crippen LogP contribution < -0.4 is 0 Å². The normalized spacial score (nSPS) is 14.0. The van der Waals surface area contributed by atoms with Crippen molar-refractivity contribution in [1.29, 1.82) is 0 Å². The van der Waals surface area contributed by atoms with Gasteiger partial charge in [0.2, 0.25) is 5.91 Å². The van der Waals surface area contributed by atoms with Gasteiger partial charge in [-0.3, -0.25) is 4.79 Å². The molecule has 3 rings (SSSR count). The van der Waals surface area contributed by atoms with E-state index in [0.29, 0.717) is 12.5 Å². The third-order valence-electron chi connectivity index (χ3n) is 4.31. The Morgan fingerprint density at radius 2 is 2.04 bits per heavy atom. The van der Waals surface area contributed by atoms with Gasteiger partial charge in [-0.15, -0.1) is 0 Å². The Balaban J connectivity index is 1.74. The van der Waals surface area contributed by atoms with Gasteiger partial charge in [-0.25, -0.2) is 0 Å². The predicted molar refractivity (Wildman–Crippen MR) is 93.4 cm³/mol. The van der Waals surface area contributed by atoms with Crippen LogP contribution in [0.2, 0.25) is 5.02 Å². The van der Waals surface area contributed by atoms with Crippen molar-refractivity contribution in [2.75, 3.05) is 6.54 Å². The van der Waals surface area contributed by atoms with E-state index in [2.05, 4.69) is 23.8 Å². The van der Waals surface area contributed by atoms with E-state index in [1.807, 2.05) is 35.2 Å². The summed E-state index contributed by atoms with van der Waals surface area (Å²) in [6.45, 7) is 4.36. The number of aromatic nitrogens is 1. The third kappa shape index (κ3) is 3.97. The topological polar surface area (TPSA) is 25.2 Å². The summed E-state index contributed by atoms with van der Waals surface area (Å²) >= 11 is 6.27. The van der Waals surface area contributed by atoms with Gasteiger partial charge >= 0.3 is 0 Å². The maximum atomic E-state index is 12.4. The average Bonchev–Trinajstić information content (AvgIpc) is 3.31. The first-order valence-electron chi connectivity index (χ1n) is 8.35. The highest BCUT2D eigenvalue weighted by molar-refractivity contribution is 6.31. The van der Waals surface area contributed by atoms with Crippen molar-refractivity contribution in [2.24, 2.45) is 5.92 Å². The molecule has 0 radical (unpaired) electrons. The van der Waals surface area contributed by atoms with Crippen LogP contribution in [0.3, 0.4) is 0 Å². The molecule has 0 bridgehead atoms. The summed E-state index contributed by atoms with van der Waals surface area (Å²) in [7, 11) is 0. The maximum absolute atomic E-state index is 12.4. The summed E-state index contributed by atoms with van der Waals surface area (Å²) in [5, 5.41) is 0.784. The molecule has 1 heterocycles. The zero-order valence-electron chi connectivity index (χ0n) is 13.5. The largest absolute Gasteiger partial charge is 0.345 e. The molecular weight excluding hydrogens is 308 g/mol. The number of carbonyl (C=O) groups is 1. The zero-order chi connectivity index (χ0) is 16.2. The second-order valence-corrected chi connectivity index (χ2v) is 6.66. The van der Waals surface area contributed by atoms with Crippen molar-refractivity contribution >= 4 is 17.5 Å². The molecule has 0 unspecified atom stereocenters. The van der Waals surface area contributed by atoms with Gasteiger partial charge in [0, 0.05) is 35.9 Å². The van der Waals surface area contributed by atoms with Crippen molar-refractivity contribution in [2.45, 2.75) is 39.3 Å². The van der Waals surface area contributed by atoms with Crippen LogP contribution in [0.25, 0.3) is 0 Å². The SMILES string of the molecule is CCCN(Cc1cccn1Cc1ccccc1Cl)C(=O)C1CC1. The number of hydrogen-bond donors (Lipinski definition) is 0. The lowest BCUT2D eigenvalue weighted by atomic mass is 10.2. The van der Waals surface area contributed by atoms with Gasteiger partial charge in [-0.2, -0.15) is 0 Å². The first kappa shape index (κ1) is 16.1. The summed E-state index contributed by atoms with van der Waals surface area (Å²) in [4.78, 5) is 14.5. The lowest BCUT2D eigenvalue weighted by Crippen LogP contribution is -2.33. The fourth-order valence-corrected chi connectivity index (χ4v) is 3.07. The van der Waals surface area contributed by atoms with Gasteiger partial charge in [0.05, 0.1) is 6.54 Å². The minimum absolute atomic E-state index is 0.272. The summed E-state index contributed by atoms with van der Waals surface area (Å²) in [6, 6.07) is 12.0. The molecule has 3 nitrogen and oxygen atoms in total. The molecule has 122 valence electrons. The Labute approximate surface area is 142 Å². The van der Waals surface area contributed by atoms with Crippen LogP contribution in [-0.2, 0) is 17.9 Å². The molecule has 23 heavy (non-hydrogen) atoms. The summed E-state index contributed by atoms with van der Waals surface area (Å²) in [6.07, 6.45) is 5.16. The molecule has 1 amide bonds. The Kier molecular flexibility index (Phi) is 5.06. The lowest BCUT2D eigenvalue weighted by Gasteiger charge is -2.23. The van der Waals surface area contributed by atoms with Crippen LogP contribution in [0.1, 0.15) is 37.4 Å². The molecular formula is C19H23ClN2O. The summed E-state index contributed by atoms with van der Waals surface area (Å²) < 4.78 is 2.18. The van der Waals surface area contributed by atoms with Crippen LogP contribution in [0.4, 0.5) is 0 Å². The van der Waals surface area contributed by atoms with Gasteiger partial charge in [-0.1, -0.05) is 36.7 Å². The van der Waals surface area contributed by atoms with Gasteiger partial charge in [0.1, 0.15) is 0 Å². The fraction of sp³-hybridized carbons (Fsp3) is 0.421. The quantitative estimate of drug-likeness (QED) is 0.741. The molecule has 1 aliphatic carbocycles. The van der Waals surface area contributed by atoms with Crippen LogP contribution in [0.15, 0.2) is 42.6 Å². The number of benzene rings is 1. The highest BCUT2D eigenvalue weighted by Crippen LogP contribution is 2.31. The van der Waals surface area contributed by atoms with Gasteiger partial charge in [0.25, 0.3) is 0 Å². The smallest absolute Gasteiger partial charge is 0.226 e. The first-order chi connectivity index (χ1) is 11.2. The molecule has 0 atom stereocenters. The number of nitrogens with zero attached hydrogens (tertiary/aromatic N) is 2. The molecule has 4 heteroatoms. The number of hydrogen-bond acceptors (Lipinski definition) is 1. The van der Waals surface area contributed by atoms with Crippen molar-refractivity contribution < 1.29 is 4.79 Å². The number of halogens is 1. The lowest BCUT2D eigenvalue weighted by molar-refractivity contribution is -0.133. The maximum Gasteiger partial charge on any atom is 0.226 e.